The molecule has 0 aromatic heterocycles. The number of rotatable bonds is 2. The fourth-order valence-electron chi connectivity index (χ4n) is 5.64. The van der Waals surface area contributed by atoms with E-state index in [4.69, 9.17) is 4.43 Å². The van der Waals surface area contributed by atoms with Gasteiger partial charge in [-0.1, -0.05) is 51.5 Å². The lowest BCUT2D eigenvalue weighted by atomic mass is 9.75. The second kappa shape index (κ2) is 5.37. The molecule has 0 radical (unpaired) electrons. The Labute approximate surface area is 155 Å². The van der Waals surface area contributed by atoms with E-state index in [1.165, 1.54) is 37.0 Å². The van der Waals surface area contributed by atoms with Crippen LogP contribution in [0.2, 0.25) is 18.1 Å². The van der Waals surface area contributed by atoms with Gasteiger partial charge in [0, 0.05) is 12.3 Å². The van der Waals surface area contributed by atoms with Gasteiger partial charge in [-0.15, -0.1) is 0 Å². The highest BCUT2D eigenvalue weighted by Crippen LogP contribution is 2.73. The minimum absolute atomic E-state index is 0.264. The van der Waals surface area contributed by atoms with Crippen molar-refractivity contribution in [3.63, 3.8) is 0 Å². The van der Waals surface area contributed by atoms with Crippen LogP contribution in [0.4, 0.5) is 0 Å². The quantitative estimate of drug-likeness (QED) is 0.382. The van der Waals surface area contributed by atoms with E-state index < -0.39 is 8.32 Å². The van der Waals surface area contributed by atoms with Gasteiger partial charge in [-0.3, -0.25) is 0 Å². The molecule has 0 heterocycles. The third-order valence-electron chi connectivity index (χ3n) is 8.24. The van der Waals surface area contributed by atoms with E-state index >= 15 is 0 Å². The molecule has 0 aliphatic heterocycles. The summed E-state index contributed by atoms with van der Waals surface area (Å²) in [5, 5.41) is 0.264. The lowest BCUT2D eigenvalue weighted by molar-refractivity contribution is 0.326. The third-order valence-corrected chi connectivity index (χ3v) is 12.6. The Morgan fingerprint density at radius 3 is 2.56 bits per heavy atom. The summed E-state index contributed by atoms with van der Waals surface area (Å²) < 4.78 is 6.97. The summed E-state index contributed by atoms with van der Waals surface area (Å²) in [5.74, 6) is 3.54. The van der Waals surface area contributed by atoms with Crippen LogP contribution in [0.5, 0.6) is 0 Å². The summed E-state index contributed by atoms with van der Waals surface area (Å²) in [6.45, 7) is 18.9. The molecule has 138 valence electrons. The molecule has 0 unspecified atom stereocenters. The minimum Gasteiger partial charge on any atom is -0.547 e. The standard InChI is InChI=1S/C23H36OSi/c1-15-10-13-18(24-25(6,7)22(2,3)4)19-17(15)12-11-16-9-8-14-23(5)20(16)21(19)23/h9,17,20-21H,1,8,10-14H2,2-7H3/t17-,20+,21-,23+/m1/s1. The van der Waals surface area contributed by atoms with Crippen LogP contribution in [0.15, 0.2) is 35.1 Å². The molecule has 4 aliphatic rings. The Kier molecular flexibility index (Phi) is 3.79. The molecule has 0 N–H and O–H groups in total. The first-order valence-corrected chi connectivity index (χ1v) is 13.3. The molecule has 4 atom stereocenters. The van der Waals surface area contributed by atoms with E-state index in [0.717, 1.165) is 24.7 Å². The van der Waals surface area contributed by atoms with E-state index in [2.05, 4.69) is 53.4 Å². The fraction of sp³-hybridized carbons (Fsp3) is 0.739. The predicted octanol–water partition coefficient (Wildman–Crippen LogP) is 6.99. The van der Waals surface area contributed by atoms with E-state index in [1.807, 2.05) is 0 Å². The Bertz CT molecular complexity index is 675. The molecule has 0 aromatic rings. The first-order chi connectivity index (χ1) is 11.6. The summed E-state index contributed by atoms with van der Waals surface area (Å²) in [5.41, 5.74) is 5.45. The van der Waals surface area contributed by atoms with Gasteiger partial charge in [-0.25, -0.2) is 0 Å². The summed E-state index contributed by atoms with van der Waals surface area (Å²) in [6.07, 6.45) is 10.0. The van der Waals surface area contributed by atoms with Crippen molar-refractivity contribution in [2.75, 3.05) is 0 Å². The lowest BCUT2D eigenvalue weighted by Crippen LogP contribution is -2.41. The van der Waals surface area contributed by atoms with Crippen molar-refractivity contribution in [3.05, 3.63) is 35.1 Å². The smallest absolute Gasteiger partial charge is 0.250 e. The van der Waals surface area contributed by atoms with Crippen LogP contribution in [0.3, 0.4) is 0 Å². The van der Waals surface area contributed by atoms with Gasteiger partial charge in [0.15, 0.2) is 0 Å². The van der Waals surface area contributed by atoms with Crippen LogP contribution >= 0.6 is 0 Å². The highest BCUT2D eigenvalue weighted by molar-refractivity contribution is 6.74. The Morgan fingerprint density at radius 2 is 1.88 bits per heavy atom. The van der Waals surface area contributed by atoms with E-state index in [0.29, 0.717) is 11.3 Å². The molecule has 4 rings (SSSR count). The van der Waals surface area contributed by atoms with Crippen LogP contribution in [-0.4, -0.2) is 8.32 Å². The molecule has 0 aromatic carbocycles. The highest BCUT2D eigenvalue weighted by Gasteiger charge is 2.66. The maximum absolute atomic E-state index is 6.97. The van der Waals surface area contributed by atoms with Gasteiger partial charge in [0.2, 0.25) is 8.32 Å². The van der Waals surface area contributed by atoms with Crippen LogP contribution in [0.1, 0.15) is 66.2 Å². The molecule has 0 bridgehead atoms. The summed E-state index contributed by atoms with van der Waals surface area (Å²) in [4.78, 5) is 0. The molecular weight excluding hydrogens is 320 g/mol. The minimum atomic E-state index is -1.78. The average Bonchev–Trinajstić information content (AvgIpc) is 3.16. The predicted molar refractivity (Wildman–Crippen MR) is 109 cm³/mol. The highest BCUT2D eigenvalue weighted by atomic mass is 28.4. The maximum atomic E-state index is 6.97. The van der Waals surface area contributed by atoms with Crippen LogP contribution in [-0.2, 0) is 4.43 Å². The van der Waals surface area contributed by atoms with Gasteiger partial charge < -0.3 is 4.43 Å². The van der Waals surface area contributed by atoms with Gasteiger partial charge >= 0.3 is 0 Å². The fourth-order valence-corrected chi connectivity index (χ4v) is 6.78. The zero-order valence-electron chi connectivity index (χ0n) is 17.2. The molecule has 25 heavy (non-hydrogen) atoms. The normalized spacial score (nSPS) is 37.8. The molecule has 2 fully saturated rings. The molecule has 2 heteroatoms. The molecule has 1 nitrogen and oxygen atoms in total. The topological polar surface area (TPSA) is 9.23 Å². The molecular formula is C23H36OSi. The monoisotopic (exact) mass is 356 g/mol. The van der Waals surface area contributed by atoms with Crippen molar-refractivity contribution in [2.45, 2.75) is 84.4 Å². The van der Waals surface area contributed by atoms with E-state index in [9.17, 15) is 0 Å². The largest absolute Gasteiger partial charge is 0.547 e. The van der Waals surface area contributed by atoms with Gasteiger partial charge in [0.1, 0.15) is 0 Å². The second-order valence-corrected chi connectivity index (χ2v) is 15.5. The van der Waals surface area contributed by atoms with Gasteiger partial charge in [0.05, 0.1) is 5.76 Å². The average molecular weight is 357 g/mol. The van der Waals surface area contributed by atoms with Crippen molar-refractivity contribution < 1.29 is 4.43 Å². The van der Waals surface area contributed by atoms with E-state index in [-0.39, 0.29) is 5.04 Å². The zero-order valence-corrected chi connectivity index (χ0v) is 18.2. The molecule has 2 saturated carbocycles. The van der Waals surface area contributed by atoms with Crippen LogP contribution in [0, 0.1) is 23.2 Å². The van der Waals surface area contributed by atoms with Gasteiger partial charge in [-0.2, -0.15) is 0 Å². The van der Waals surface area contributed by atoms with Crippen molar-refractivity contribution >= 4 is 8.32 Å². The van der Waals surface area contributed by atoms with Crippen LogP contribution in [0.25, 0.3) is 0 Å². The first kappa shape index (κ1) is 17.6. The summed E-state index contributed by atoms with van der Waals surface area (Å²) in [7, 11) is -1.78. The van der Waals surface area contributed by atoms with Crippen molar-refractivity contribution in [1.82, 2.24) is 0 Å². The Balaban J connectivity index is 1.77. The molecule has 4 aliphatic carbocycles. The Hall–Kier alpha value is -0.763. The Morgan fingerprint density at radius 1 is 1.16 bits per heavy atom. The summed E-state index contributed by atoms with van der Waals surface area (Å²) >= 11 is 0. The third kappa shape index (κ3) is 2.54. The number of hydrogen-bond donors (Lipinski definition) is 0. The SMILES string of the molecule is C=C1CCC(O[Si](C)(C)C(C)(C)C)=C2[C@@H]1CCC1=CCC[C@]3(C)[C@H]2[C@H]13. The van der Waals surface area contributed by atoms with Gasteiger partial charge in [0.25, 0.3) is 0 Å². The zero-order chi connectivity index (χ0) is 18.2. The lowest BCUT2D eigenvalue weighted by Gasteiger charge is -2.41. The van der Waals surface area contributed by atoms with Crippen molar-refractivity contribution in [1.29, 1.82) is 0 Å². The second-order valence-electron chi connectivity index (χ2n) is 10.8. The van der Waals surface area contributed by atoms with Crippen molar-refractivity contribution in [3.8, 4) is 0 Å². The number of allylic oxidation sites excluding steroid dienone is 5. The first-order valence-electron chi connectivity index (χ1n) is 10.3. The summed E-state index contributed by atoms with van der Waals surface area (Å²) in [6, 6.07) is 0. The maximum Gasteiger partial charge on any atom is 0.250 e. The number of fused-ring (bicyclic) bond motifs is 3. The molecule has 0 spiro atoms. The van der Waals surface area contributed by atoms with E-state index in [1.54, 1.807) is 11.1 Å². The van der Waals surface area contributed by atoms with Gasteiger partial charge in [-0.05, 0) is 73.1 Å². The molecule has 0 saturated heterocycles. The van der Waals surface area contributed by atoms with Crippen LogP contribution < -0.4 is 0 Å². The molecule has 0 amide bonds. The number of hydrogen-bond acceptors (Lipinski definition) is 1. The van der Waals surface area contributed by atoms with Crippen molar-refractivity contribution in [2.24, 2.45) is 23.2 Å².